The summed E-state index contributed by atoms with van der Waals surface area (Å²) >= 11 is 0. The molecule has 0 saturated heterocycles. The molecule has 0 fully saturated rings. The van der Waals surface area contributed by atoms with Gasteiger partial charge in [0.15, 0.2) is 0 Å². The normalized spacial score (nSPS) is 13.5. The van der Waals surface area contributed by atoms with E-state index in [9.17, 15) is 0 Å². The lowest BCUT2D eigenvalue weighted by molar-refractivity contribution is 0.318. The fraction of sp³-hybridized carbons (Fsp3) is 0.0556. The monoisotopic (exact) mass is 287 g/mol. The molecule has 0 unspecified atom stereocenters. The average molecular weight is 287 g/mol. The van der Waals surface area contributed by atoms with Gasteiger partial charge in [0.25, 0.3) is 0 Å². The van der Waals surface area contributed by atoms with Crippen LogP contribution >= 0.6 is 0 Å². The molecule has 0 aromatic heterocycles. The third-order valence-corrected chi connectivity index (χ3v) is 2.96. The van der Waals surface area contributed by atoms with Crippen LogP contribution in [-0.2, 0) is 4.74 Å². The number of aliphatic imine (C=N–C) groups is 1. The van der Waals surface area contributed by atoms with E-state index >= 15 is 0 Å². The Labute approximate surface area is 129 Å². The van der Waals surface area contributed by atoms with Crippen LogP contribution in [0.2, 0.25) is 0 Å². The van der Waals surface area contributed by atoms with Gasteiger partial charge >= 0.3 is 0 Å². The van der Waals surface area contributed by atoms with Gasteiger partial charge in [-0.2, -0.15) is 10.5 Å². The van der Waals surface area contributed by atoms with Gasteiger partial charge in [0.2, 0.25) is 0 Å². The topological polar surface area (TPSA) is 69.2 Å². The van der Waals surface area contributed by atoms with Gasteiger partial charge in [0.1, 0.15) is 29.2 Å². The lowest BCUT2D eigenvalue weighted by Crippen LogP contribution is -1.97. The minimum Gasteiger partial charge on any atom is -0.462 e. The summed E-state index contributed by atoms with van der Waals surface area (Å²) in [6.45, 7) is 5.24. The lowest BCUT2D eigenvalue weighted by atomic mass is 10.1. The molecule has 0 bridgehead atoms. The molecule has 1 aliphatic rings. The van der Waals surface area contributed by atoms with Crippen LogP contribution in [-0.4, -0.2) is 6.72 Å². The smallest absolute Gasteiger partial charge is 0.137 e. The van der Waals surface area contributed by atoms with Gasteiger partial charge in [-0.1, -0.05) is 18.2 Å². The number of hydrogen-bond donors (Lipinski definition) is 0. The summed E-state index contributed by atoms with van der Waals surface area (Å²) in [5.74, 6) is 1.20. The molecule has 0 saturated carbocycles. The van der Waals surface area contributed by atoms with Gasteiger partial charge in [0.05, 0.1) is 5.69 Å². The minimum atomic E-state index is 0.0648. The second-order valence-electron chi connectivity index (χ2n) is 4.54. The van der Waals surface area contributed by atoms with Crippen molar-refractivity contribution in [2.45, 2.75) is 6.92 Å². The molecular weight excluding hydrogens is 274 g/mol. The number of benzene rings is 1. The molecule has 0 amide bonds. The number of ether oxygens (including phenoxy) is 1. The quantitative estimate of drug-likeness (QED) is 0.618. The molecule has 4 nitrogen and oxygen atoms in total. The standard InChI is InChI=1S/C18H13N3O/c1-13-9-15(16(11-19)12-20)10-18(22-13)8-5-14-3-6-17(21-2)7-4-14/h3-10H,2H2,1H3/b8-5+. The van der Waals surface area contributed by atoms with Gasteiger partial charge in [-0.15, -0.1) is 0 Å². The van der Waals surface area contributed by atoms with E-state index in [1.807, 2.05) is 42.5 Å². The first-order valence-electron chi connectivity index (χ1n) is 6.53. The van der Waals surface area contributed by atoms with Crippen LogP contribution in [0.1, 0.15) is 12.5 Å². The lowest BCUT2D eigenvalue weighted by Gasteiger charge is -2.13. The van der Waals surface area contributed by atoms with Crippen molar-refractivity contribution in [2.24, 2.45) is 4.99 Å². The summed E-state index contributed by atoms with van der Waals surface area (Å²) in [6, 6.07) is 11.3. The highest BCUT2D eigenvalue weighted by Crippen LogP contribution is 2.23. The molecule has 106 valence electrons. The summed E-state index contributed by atoms with van der Waals surface area (Å²) in [6.07, 6.45) is 7.02. The highest BCUT2D eigenvalue weighted by atomic mass is 16.5. The summed E-state index contributed by atoms with van der Waals surface area (Å²) in [7, 11) is 0. The zero-order valence-corrected chi connectivity index (χ0v) is 12.1. The van der Waals surface area contributed by atoms with Gasteiger partial charge < -0.3 is 4.74 Å². The molecule has 0 aliphatic carbocycles. The summed E-state index contributed by atoms with van der Waals surface area (Å²) in [5, 5.41) is 17.9. The molecule has 4 heteroatoms. The second kappa shape index (κ2) is 6.88. The maximum Gasteiger partial charge on any atom is 0.137 e. The van der Waals surface area contributed by atoms with Crippen LogP contribution in [0, 0.1) is 22.7 Å². The number of hydrogen-bond acceptors (Lipinski definition) is 4. The van der Waals surface area contributed by atoms with E-state index in [-0.39, 0.29) is 5.57 Å². The van der Waals surface area contributed by atoms with E-state index in [1.165, 1.54) is 0 Å². The molecule has 0 spiro atoms. The average Bonchev–Trinajstić information content (AvgIpc) is 2.54. The number of allylic oxidation sites excluding steroid dienone is 6. The summed E-state index contributed by atoms with van der Waals surface area (Å²) in [4.78, 5) is 3.83. The van der Waals surface area contributed by atoms with E-state index < -0.39 is 0 Å². The molecule has 0 N–H and O–H groups in total. The van der Waals surface area contributed by atoms with Crippen LogP contribution in [0.25, 0.3) is 6.08 Å². The van der Waals surface area contributed by atoms with Crippen molar-refractivity contribution < 1.29 is 4.74 Å². The van der Waals surface area contributed by atoms with Crippen molar-refractivity contribution in [3.05, 3.63) is 70.7 Å². The van der Waals surface area contributed by atoms with Crippen molar-refractivity contribution in [2.75, 3.05) is 0 Å². The molecule has 1 aliphatic heterocycles. The molecule has 1 aromatic carbocycles. The van der Waals surface area contributed by atoms with E-state index in [2.05, 4.69) is 11.7 Å². The molecule has 1 heterocycles. The van der Waals surface area contributed by atoms with E-state index in [0.29, 0.717) is 17.1 Å². The second-order valence-corrected chi connectivity index (χ2v) is 4.54. The maximum absolute atomic E-state index is 8.95. The maximum atomic E-state index is 8.95. The minimum absolute atomic E-state index is 0.0648. The first kappa shape index (κ1) is 15.0. The largest absolute Gasteiger partial charge is 0.462 e. The number of rotatable bonds is 3. The van der Waals surface area contributed by atoms with Crippen LogP contribution < -0.4 is 0 Å². The molecule has 2 rings (SSSR count). The third kappa shape index (κ3) is 3.59. The Morgan fingerprint density at radius 2 is 1.82 bits per heavy atom. The SMILES string of the molecule is C=Nc1ccc(/C=C/C2=CC(=C(C#N)C#N)C=C(C)O2)cc1. The highest BCUT2D eigenvalue weighted by molar-refractivity contribution is 5.59. The van der Waals surface area contributed by atoms with Gasteiger partial charge in [-0.05, 0) is 49.6 Å². The Morgan fingerprint density at radius 3 is 2.41 bits per heavy atom. The van der Waals surface area contributed by atoms with Crippen LogP contribution in [0.15, 0.2) is 70.2 Å². The van der Waals surface area contributed by atoms with Gasteiger partial charge in [-0.3, -0.25) is 4.99 Å². The molecule has 0 radical (unpaired) electrons. The van der Waals surface area contributed by atoms with E-state index in [0.717, 1.165) is 11.3 Å². The molecule has 0 atom stereocenters. The summed E-state index contributed by atoms with van der Waals surface area (Å²) in [5.41, 5.74) is 2.41. The van der Waals surface area contributed by atoms with Crippen LogP contribution in [0.4, 0.5) is 5.69 Å². The fourth-order valence-corrected chi connectivity index (χ4v) is 1.91. The van der Waals surface area contributed by atoms with E-state index in [4.69, 9.17) is 15.3 Å². The zero-order chi connectivity index (χ0) is 15.9. The summed E-state index contributed by atoms with van der Waals surface area (Å²) < 4.78 is 5.58. The number of nitriles is 2. The van der Waals surface area contributed by atoms with E-state index in [1.54, 1.807) is 25.2 Å². The molecule has 1 aromatic rings. The molecule has 22 heavy (non-hydrogen) atoms. The highest BCUT2D eigenvalue weighted by Gasteiger charge is 2.10. The zero-order valence-electron chi connectivity index (χ0n) is 12.1. The first-order chi connectivity index (χ1) is 10.7. The predicted molar refractivity (Wildman–Crippen MR) is 85.9 cm³/mol. The Balaban J connectivity index is 2.27. The van der Waals surface area contributed by atoms with Crippen molar-refractivity contribution in [1.29, 1.82) is 10.5 Å². The fourth-order valence-electron chi connectivity index (χ4n) is 1.91. The molecular formula is C18H13N3O. The van der Waals surface area contributed by atoms with Gasteiger partial charge in [0, 0.05) is 5.57 Å². The Kier molecular flexibility index (Phi) is 4.70. The number of nitrogens with zero attached hydrogens (tertiary/aromatic N) is 3. The first-order valence-corrected chi connectivity index (χ1v) is 6.53. The Morgan fingerprint density at radius 1 is 1.14 bits per heavy atom. The van der Waals surface area contributed by atoms with Crippen molar-refractivity contribution >= 4 is 18.5 Å². The van der Waals surface area contributed by atoms with Crippen molar-refractivity contribution in [1.82, 2.24) is 0 Å². The van der Waals surface area contributed by atoms with Crippen molar-refractivity contribution in [3.8, 4) is 12.1 Å². The van der Waals surface area contributed by atoms with Gasteiger partial charge in [-0.25, -0.2) is 0 Å². The predicted octanol–water partition coefficient (Wildman–Crippen LogP) is 4.19. The Hall–Kier alpha value is -3.37. The third-order valence-electron chi connectivity index (χ3n) is 2.96. The Bertz CT molecular complexity index is 778. The van der Waals surface area contributed by atoms with Crippen molar-refractivity contribution in [3.63, 3.8) is 0 Å². The van der Waals surface area contributed by atoms with Crippen LogP contribution in [0.5, 0.6) is 0 Å². The van der Waals surface area contributed by atoms with Crippen LogP contribution in [0.3, 0.4) is 0 Å².